The molecule has 1 fully saturated rings. The van der Waals surface area contributed by atoms with Crippen molar-refractivity contribution in [3.8, 4) is 0 Å². The van der Waals surface area contributed by atoms with Gasteiger partial charge in [0.05, 0.1) is 0 Å². The zero-order valence-electron chi connectivity index (χ0n) is 11.6. The van der Waals surface area contributed by atoms with E-state index in [0.29, 0.717) is 4.75 Å². The Labute approximate surface area is 121 Å². The molecule has 106 valence electrons. The van der Waals surface area contributed by atoms with Crippen molar-refractivity contribution in [1.29, 1.82) is 0 Å². The van der Waals surface area contributed by atoms with Crippen LogP contribution in [0.2, 0.25) is 0 Å². The van der Waals surface area contributed by atoms with Crippen LogP contribution in [0.3, 0.4) is 0 Å². The van der Waals surface area contributed by atoms with Crippen LogP contribution < -0.4 is 10.6 Å². The SMILES string of the molecule is CCOCCCNC(=S)NCC1(SC)CCCC1. The molecular formula is C13H26N2OS2. The van der Waals surface area contributed by atoms with E-state index in [1.54, 1.807) is 0 Å². The monoisotopic (exact) mass is 290 g/mol. The van der Waals surface area contributed by atoms with Crippen molar-refractivity contribution in [3.05, 3.63) is 0 Å². The highest BCUT2D eigenvalue weighted by Crippen LogP contribution is 2.39. The number of thioether (sulfide) groups is 1. The fourth-order valence-electron chi connectivity index (χ4n) is 2.30. The molecule has 18 heavy (non-hydrogen) atoms. The van der Waals surface area contributed by atoms with Crippen molar-refractivity contribution in [1.82, 2.24) is 10.6 Å². The molecule has 0 amide bonds. The van der Waals surface area contributed by atoms with Gasteiger partial charge < -0.3 is 15.4 Å². The Balaban J connectivity index is 2.09. The summed E-state index contributed by atoms with van der Waals surface area (Å²) in [5, 5.41) is 7.39. The minimum Gasteiger partial charge on any atom is -0.382 e. The number of rotatable bonds is 8. The second kappa shape index (κ2) is 8.99. The number of hydrogen-bond donors (Lipinski definition) is 2. The van der Waals surface area contributed by atoms with E-state index in [9.17, 15) is 0 Å². The second-order valence-corrected chi connectivity index (χ2v) is 6.44. The predicted molar refractivity (Wildman–Crippen MR) is 84.4 cm³/mol. The van der Waals surface area contributed by atoms with Crippen molar-refractivity contribution < 1.29 is 4.74 Å². The highest BCUT2D eigenvalue weighted by molar-refractivity contribution is 8.00. The molecule has 0 heterocycles. The summed E-state index contributed by atoms with van der Waals surface area (Å²) in [6.07, 6.45) is 8.56. The zero-order chi connectivity index (χ0) is 13.3. The number of ether oxygens (including phenoxy) is 1. The smallest absolute Gasteiger partial charge is 0.166 e. The predicted octanol–water partition coefficient (Wildman–Crippen LogP) is 2.55. The highest BCUT2D eigenvalue weighted by Gasteiger charge is 2.32. The molecule has 0 spiro atoms. The van der Waals surface area contributed by atoms with Gasteiger partial charge in [-0.1, -0.05) is 12.8 Å². The molecule has 0 radical (unpaired) electrons. The molecule has 0 aromatic carbocycles. The lowest BCUT2D eigenvalue weighted by Crippen LogP contribution is -2.43. The normalized spacial score (nSPS) is 17.7. The molecule has 1 aliphatic carbocycles. The van der Waals surface area contributed by atoms with Crippen LogP contribution in [-0.4, -0.2) is 42.4 Å². The Kier molecular flexibility index (Phi) is 8.02. The average molecular weight is 290 g/mol. The maximum absolute atomic E-state index is 5.29. The van der Waals surface area contributed by atoms with Crippen molar-refractivity contribution in [2.24, 2.45) is 0 Å². The van der Waals surface area contributed by atoms with Crippen molar-refractivity contribution in [2.45, 2.75) is 43.8 Å². The van der Waals surface area contributed by atoms with Crippen LogP contribution in [0.4, 0.5) is 0 Å². The van der Waals surface area contributed by atoms with Crippen LogP contribution in [0, 0.1) is 0 Å². The Morgan fingerprint density at radius 1 is 1.33 bits per heavy atom. The van der Waals surface area contributed by atoms with E-state index >= 15 is 0 Å². The molecular weight excluding hydrogens is 264 g/mol. The summed E-state index contributed by atoms with van der Waals surface area (Å²) in [6, 6.07) is 0. The van der Waals surface area contributed by atoms with E-state index < -0.39 is 0 Å². The average Bonchev–Trinajstić information content (AvgIpc) is 2.86. The quantitative estimate of drug-likeness (QED) is 0.530. The Bertz CT molecular complexity index is 243. The number of hydrogen-bond acceptors (Lipinski definition) is 3. The highest BCUT2D eigenvalue weighted by atomic mass is 32.2. The molecule has 0 aliphatic heterocycles. The first kappa shape index (κ1) is 16.1. The number of nitrogens with one attached hydrogen (secondary N) is 2. The molecule has 1 rings (SSSR count). The van der Waals surface area contributed by atoms with E-state index in [-0.39, 0.29) is 0 Å². The van der Waals surface area contributed by atoms with Gasteiger partial charge in [-0.2, -0.15) is 11.8 Å². The van der Waals surface area contributed by atoms with Crippen LogP contribution in [0.25, 0.3) is 0 Å². The van der Waals surface area contributed by atoms with Gasteiger partial charge in [-0.15, -0.1) is 0 Å². The van der Waals surface area contributed by atoms with Crippen molar-refractivity contribution >= 4 is 29.1 Å². The topological polar surface area (TPSA) is 33.3 Å². The lowest BCUT2D eigenvalue weighted by atomic mass is 10.1. The second-order valence-electron chi connectivity index (χ2n) is 4.75. The van der Waals surface area contributed by atoms with Gasteiger partial charge in [0.1, 0.15) is 0 Å². The lowest BCUT2D eigenvalue weighted by molar-refractivity contribution is 0.145. The number of thiocarbonyl (C=S) groups is 1. The summed E-state index contributed by atoms with van der Waals surface area (Å²) < 4.78 is 5.70. The minimum atomic E-state index is 0.414. The van der Waals surface area contributed by atoms with Gasteiger partial charge in [-0.3, -0.25) is 0 Å². The first-order chi connectivity index (χ1) is 8.72. The summed E-state index contributed by atoms with van der Waals surface area (Å²) >= 11 is 7.28. The molecule has 1 saturated carbocycles. The van der Waals surface area contributed by atoms with Crippen LogP contribution in [0.15, 0.2) is 0 Å². The summed E-state index contributed by atoms with van der Waals surface area (Å²) in [4.78, 5) is 0. The standard InChI is InChI=1S/C13H26N2OS2/c1-3-16-10-6-9-14-12(17)15-11-13(18-2)7-4-5-8-13/h3-11H2,1-2H3,(H2,14,15,17). The fourth-order valence-corrected chi connectivity index (χ4v) is 3.38. The van der Waals surface area contributed by atoms with E-state index in [1.807, 2.05) is 18.7 Å². The Morgan fingerprint density at radius 2 is 2.06 bits per heavy atom. The summed E-state index contributed by atoms with van der Waals surface area (Å²) in [5.74, 6) is 0. The molecule has 0 aromatic heterocycles. The fraction of sp³-hybridized carbons (Fsp3) is 0.923. The first-order valence-corrected chi connectivity index (χ1v) is 8.50. The molecule has 0 saturated heterocycles. The van der Waals surface area contributed by atoms with Gasteiger partial charge in [-0.25, -0.2) is 0 Å². The molecule has 0 bridgehead atoms. The Hall–Kier alpha value is 0. The minimum absolute atomic E-state index is 0.414. The molecule has 2 N–H and O–H groups in total. The molecule has 0 atom stereocenters. The van der Waals surface area contributed by atoms with E-state index in [1.165, 1.54) is 25.7 Å². The van der Waals surface area contributed by atoms with Gasteiger partial charge in [0.15, 0.2) is 5.11 Å². The van der Waals surface area contributed by atoms with Gasteiger partial charge in [0.2, 0.25) is 0 Å². The molecule has 1 aliphatic rings. The Morgan fingerprint density at radius 3 is 2.67 bits per heavy atom. The third kappa shape index (κ3) is 5.76. The van der Waals surface area contributed by atoms with Crippen LogP contribution in [0.1, 0.15) is 39.0 Å². The third-order valence-electron chi connectivity index (χ3n) is 3.47. The third-order valence-corrected chi connectivity index (χ3v) is 5.18. The van der Waals surface area contributed by atoms with Crippen LogP contribution in [-0.2, 0) is 4.74 Å². The maximum atomic E-state index is 5.29. The molecule has 0 aromatic rings. The molecule has 3 nitrogen and oxygen atoms in total. The lowest BCUT2D eigenvalue weighted by Gasteiger charge is -2.27. The first-order valence-electron chi connectivity index (χ1n) is 6.87. The largest absolute Gasteiger partial charge is 0.382 e. The van der Waals surface area contributed by atoms with Gasteiger partial charge in [-0.05, 0) is 44.7 Å². The van der Waals surface area contributed by atoms with E-state index in [4.69, 9.17) is 17.0 Å². The molecule has 5 heteroatoms. The van der Waals surface area contributed by atoms with Crippen molar-refractivity contribution in [3.63, 3.8) is 0 Å². The van der Waals surface area contributed by atoms with Gasteiger partial charge in [0, 0.05) is 31.1 Å². The summed E-state index contributed by atoms with van der Waals surface area (Å²) in [6.45, 7) is 5.49. The van der Waals surface area contributed by atoms with Gasteiger partial charge in [0.25, 0.3) is 0 Å². The summed E-state index contributed by atoms with van der Waals surface area (Å²) in [7, 11) is 0. The zero-order valence-corrected chi connectivity index (χ0v) is 13.2. The van der Waals surface area contributed by atoms with E-state index in [0.717, 1.165) is 37.8 Å². The van der Waals surface area contributed by atoms with Gasteiger partial charge >= 0.3 is 0 Å². The van der Waals surface area contributed by atoms with Crippen molar-refractivity contribution in [2.75, 3.05) is 32.6 Å². The molecule has 0 unspecified atom stereocenters. The van der Waals surface area contributed by atoms with E-state index in [2.05, 4.69) is 16.9 Å². The van der Waals surface area contributed by atoms with Crippen LogP contribution >= 0.6 is 24.0 Å². The van der Waals surface area contributed by atoms with Crippen LogP contribution in [0.5, 0.6) is 0 Å². The maximum Gasteiger partial charge on any atom is 0.166 e. The summed E-state index contributed by atoms with van der Waals surface area (Å²) in [5.41, 5.74) is 0.